The highest BCUT2D eigenvalue weighted by atomic mass is 19.3. The molecular weight excluding hydrogens is 234 g/mol. The summed E-state index contributed by atoms with van der Waals surface area (Å²) in [4.78, 5) is 1.85. The molecular formula is C14H28F2N2. The minimum Gasteiger partial charge on any atom is -0.312 e. The zero-order chi connectivity index (χ0) is 13.8. The molecule has 1 fully saturated rings. The average Bonchev–Trinajstić information content (AvgIpc) is 2.25. The summed E-state index contributed by atoms with van der Waals surface area (Å²) in [5.41, 5.74) is 0.189. The molecule has 0 aliphatic heterocycles. The summed E-state index contributed by atoms with van der Waals surface area (Å²) in [6.45, 7) is 7.49. The van der Waals surface area contributed by atoms with Gasteiger partial charge in [0.1, 0.15) is 0 Å². The van der Waals surface area contributed by atoms with E-state index in [4.69, 9.17) is 0 Å². The highest BCUT2D eigenvalue weighted by molar-refractivity contribution is 4.97. The van der Waals surface area contributed by atoms with Crippen molar-refractivity contribution in [1.29, 1.82) is 0 Å². The lowest BCUT2D eigenvalue weighted by Crippen LogP contribution is -2.58. The van der Waals surface area contributed by atoms with Crippen molar-refractivity contribution < 1.29 is 8.78 Å². The second-order valence-corrected chi connectivity index (χ2v) is 6.21. The van der Waals surface area contributed by atoms with Gasteiger partial charge in [-0.3, -0.25) is 4.90 Å². The molecule has 1 N–H and O–H groups in total. The van der Waals surface area contributed by atoms with Crippen LogP contribution in [0.2, 0.25) is 0 Å². The van der Waals surface area contributed by atoms with Gasteiger partial charge in [0.05, 0.1) is 6.54 Å². The number of likely N-dealkylation sites (N-methyl/N-ethyl adjacent to an activating group) is 1. The van der Waals surface area contributed by atoms with Crippen LogP contribution in [0.25, 0.3) is 0 Å². The van der Waals surface area contributed by atoms with Crippen LogP contribution in [0, 0.1) is 5.41 Å². The van der Waals surface area contributed by atoms with E-state index >= 15 is 0 Å². The second-order valence-electron chi connectivity index (χ2n) is 6.21. The standard InChI is InChI=1S/C14H28F2N2/c1-5-9-17-13-11(18(4)10-12(15)16)7-6-8-14(13,2)3/h11-13,17H,5-10H2,1-4H3. The lowest BCUT2D eigenvalue weighted by molar-refractivity contribution is 0.0239. The van der Waals surface area contributed by atoms with E-state index in [-0.39, 0.29) is 18.0 Å². The molecule has 1 aliphatic rings. The maximum Gasteiger partial charge on any atom is 0.251 e. The molecule has 0 radical (unpaired) electrons. The first-order valence-electron chi connectivity index (χ1n) is 7.10. The molecule has 1 saturated carbocycles. The van der Waals surface area contributed by atoms with Crippen molar-refractivity contribution in [2.75, 3.05) is 20.1 Å². The first kappa shape index (κ1) is 15.8. The zero-order valence-electron chi connectivity index (χ0n) is 12.2. The smallest absolute Gasteiger partial charge is 0.251 e. The van der Waals surface area contributed by atoms with Crippen molar-refractivity contribution in [3.05, 3.63) is 0 Å². The molecule has 108 valence electrons. The monoisotopic (exact) mass is 262 g/mol. The Morgan fingerprint density at radius 3 is 2.61 bits per heavy atom. The molecule has 0 aromatic rings. The summed E-state index contributed by atoms with van der Waals surface area (Å²) in [5.74, 6) is 0. The quantitative estimate of drug-likeness (QED) is 0.791. The summed E-state index contributed by atoms with van der Waals surface area (Å²) in [7, 11) is 1.83. The SMILES string of the molecule is CCCNC1C(N(C)CC(F)F)CCCC1(C)C. The fraction of sp³-hybridized carbons (Fsp3) is 1.00. The van der Waals surface area contributed by atoms with Gasteiger partial charge in [-0.25, -0.2) is 8.78 Å². The summed E-state index contributed by atoms with van der Waals surface area (Å²) in [6, 6.07) is 0.546. The number of nitrogens with one attached hydrogen (secondary N) is 1. The van der Waals surface area contributed by atoms with Crippen LogP contribution >= 0.6 is 0 Å². The van der Waals surface area contributed by atoms with Crippen LogP contribution in [0.5, 0.6) is 0 Å². The van der Waals surface area contributed by atoms with Crippen molar-refractivity contribution in [3.8, 4) is 0 Å². The number of hydrogen-bond donors (Lipinski definition) is 1. The van der Waals surface area contributed by atoms with Gasteiger partial charge in [-0.1, -0.05) is 27.2 Å². The summed E-state index contributed by atoms with van der Waals surface area (Å²) in [5, 5.41) is 3.58. The van der Waals surface area contributed by atoms with E-state index in [9.17, 15) is 8.78 Å². The van der Waals surface area contributed by atoms with E-state index in [0.29, 0.717) is 6.04 Å². The van der Waals surface area contributed by atoms with E-state index in [1.54, 1.807) is 0 Å². The van der Waals surface area contributed by atoms with Crippen molar-refractivity contribution >= 4 is 0 Å². The molecule has 2 unspecified atom stereocenters. The fourth-order valence-corrected chi connectivity index (χ4v) is 3.15. The van der Waals surface area contributed by atoms with Crippen LogP contribution in [0.15, 0.2) is 0 Å². The van der Waals surface area contributed by atoms with Gasteiger partial charge in [-0.05, 0) is 38.3 Å². The van der Waals surface area contributed by atoms with Crippen molar-refractivity contribution in [1.82, 2.24) is 10.2 Å². The topological polar surface area (TPSA) is 15.3 Å². The Morgan fingerprint density at radius 1 is 1.39 bits per heavy atom. The Kier molecular flexibility index (Phi) is 5.99. The number of alkyl halides is 2. The fourth-order valence-electron chi connectivity index (χ4n) is 3.15. The van der Waals surface area contributed by atoms with Gasteiger partial charge in [0.25, 0.3) is 6.43 Å². The molecule has 0 spiro atoms. The number of hydrogen-bond acceptors (Lipinski definition) is 2. The third-order valence-corrected chi connectivity index (χ3v) is 4.15. The lowest BCUT2D eigenvalue weighted by Gasteiger charge is -2.48. The third kappa shape index (κ3) is 4.16. The summed E-state index contributed by atoms with van der Waals surface area (Å²) in [6.07, 6.45) is 2.17. The highest BCUT2D eigenvalue weighted by Crippen LogP contribution is 2.37. The van der Waals surface area contributed by atoms with Gasteiger partial charge in [-0.2, -0.15) is 0 Å². The van der Waals surface area contributed by atoms with E-state index in [2.05, 4.69) is 26.1 Å². The minimum atomic E-state index is -2.24. The molecule has 2 nitrogen and oxygen atoms in total. The Labute approximate surface area is 110 Å². The van der Waals surface area contributed by atoms with Crippen molar-refractivity contribution in [2.24, 2.45) is 5.41 Å². The van der Waals surface area contributed by atoms with Gasteiger partial charge < -0.3 is 5.32 Å². The third-order valence-electron chi connectivity index (χ3n) is 4.15. The van der Waals surface area contributed by atoms with Gasteiger partial charge in [0, 0.05) is 12.1 Å². The van der Waals surface area contributed by atoms with Gasteiger partial charge in [0.2, 0.25) is 0 Å². The van der Waals surface area contributed by atoms with Crippen LogP contribution in [0.3, 0.4) is 0 Å². The predicted octanol–water partition coefficient (Wildman–Crippen LogP) is 3.13. The van der Waals surface area contributed by atoms with Crippen LogP contribution < -0.4 is 5.32 Å². The van der Waals surface area contributed by atoms with E-state index in [1.807, 2.05) is 11.9 Å². The largest absolute Gasteiger partial charge is 0.312 e. The Hall–Kier alpha value is -0.220. The molecule has 0 aromatic carbocycles. The maximum absolute atomic E-state index is 12.5. The first-order valence-corrected chi connectivity index (χ1v) is 7.10. The Balaban J connectivity index is 2.71. The highest BCUT2D eigenvalue weighted by Gasteiger charge is 2.40. The Bertz CT molecular complexity index is 244. The predicted molar refractivity (Wildman–Crippen MR) is 72.1 cm³/mol. The molecule has 0 amide bonds. The van der Waals surface area contributed by atoms with Crippen molar-refractivity contribution in [2.45, 2.75) is 65.0 Å². The van der Waals surface area contributed by atoms with E-state index < -0.39 is 6.43 Å². The maximum atomic E-state index is 12.5. The molecule has 1 rings (SSSR count). The van der Waals surface area contributed by atoms with Crippen LogP contribution in [0.4, 0.5) is 8.78 Å². The molecule has 1 aliphatic carbocycles. The van der Waals surface area contributed by atoms with Crippen LogP contribution in [0.1, 0.15) is 46.5 Å². The Morgan fingerprint density at radius 2 is 2.06 bits per heavy atom. The van der Waals surface area contributed by atoms with Gasteiger partial charge in [-0.15, -0.1) is 0 Å². The number of rotatable bonds is 6. The average molecular weight is 262 g/mol. The van der Waals surface area contributed by atoms with E-state index in [1.165, 1.54) is 6.42 Å². The minimum absolute atomic E-state index is 0.120. The molecule has 2 atom stereocenters. The summed E-state index contributed by atoms with van der Waals surface area (Å²) >= 11 is 0. The normalized spacial score (nSPS) is 28.0. The molecule has 18 heavy (non-hydrogen) atoms. The summed E-state index contributed by atoms with van der Waals surface area (Å²) < 4.78 is 25.1. The molecule has 0 aromatic heterocycles. The zero-order valence-corrected chi connectivity index (χ0v) is 12.2. The second kappa shape index (κ2) is 6.80. The molecule has 4 heteroatoms. The number of halogens is 2. The molecule has 0 heterocycles. The molecule has 0 saturated heterocycles. The number of nitrogens with zero attached hydrogens (tertiary/aromatic N) is 1. The first-order chi connectivity index (χ1) is 8.38. The van der Waals surface area contributed by atoms with E-state index in [0.717, 1.165) is 25.8 Å². The van der Waals surface area contributed by atoms with Crippen LogP contribution in [-0.2, 0) is 0 Å². The lowest BCUT2D eigenvalue weighted by atomic mass is 9.70. The van der Waals surface area contributed by atoms with Gasteiger partial charge >= 0.3 is 0 Å². The van der Waals surface area contributed by atoms with Crippen LogP contribution in [-0.4, -0.2) is 43.5 Å². The molecule has 0 bridgehead atoms. The van der Waals surface area contributed by atoms with Gasteiger partial charge in [0.15, 0.2) is 0 Å². The van der Waals surface area contributed by atoms with Crippen molar-refractivity contribution in [3.63, 3.8) is 0 Å².